The van der Waals surface area contributed by atoms with Gasteiger partial charge in [-0.2, -0.15) is 0 Å². The number of rotatable bonds is 3. The number of carboxylic acids is 1. The first-order chi connectivity index (χ1) is 12.4. The van der Waals surface area contributed by atoms with E-state index in [9.17, 15) is 23.9 Å². The van der Waals surface area contributed by atoms with Gasteiger partial charge in [-0.1, -0.05) is 24.3 Å². The summed E-state index contributed by atoms with van der Waals surface area (Å²) in [6, 6.07) is 10.5. The maximum absolute atomic E-state index is 13.1. The molecule has 1 fully saturated rings. The van der Waals surface area contributed by atoms with Crippen molar-refractivity contribution in [2.45, 2.75) is 0 Å². The van der Waals surface area contributed by atoms with Crippen molar-refractivity contribution < 1.29 is 23.9 Å². The fourth-order valence-electron chi connectivity index (χ4n) is 2.36. The van der Waals surface area contributed by atoms with E-state index in [0.717, 1.165) is 4.90 Å². The lowest BCUT2D eigenvalue weighted by Gasteiger charge is -2.28. The number of hydrogen-bond acceptors (Lipinski definition) is 5. The van der Waals surface area contributed by atoms with Gasteiger partial charge in [0.25, 0.3) is 11.8 Å². The van der Waals surface area contributed by atoms with Crippen LogP contribution in [0.4, 0.5) is 10.1 Å². The van der Waals surface area contributed by atoms with E-state index in [2.05, 4.69) is 5.32 Å². The first-order valence-corrected chi connectivity index (χ1v) is 7.76. The minimum atomic E-state index is -1.33. The third kappa shape index (κ3) is 3.35. The van der Waals surface area contributed by atoms with Gasteiger partial charge in [-0.25, -0.2) is 4.39 Å². The second kappa shape index (κ2) is 6.85. The maximum Gasteiger partial charge on any atom is 0.270 e. The van der Waals surface area contributed by atoms with Gasteiger partial charge >= 0.3 is 0 Å². The zero-order valence-electron chi connectivity index (χ0n) is 13.1. The third-order valence-electron chi connectivity index (χ3n) is 3.64. The molecule has 0 radical (unpaired) electrons. The van der Waals surface area contributed by atoms with Gasteiger partial charge in [0, 0.05) is 0 Å². The normalized spacial score (nSPS) is 16.0. The van der Waals surface area contributed by atoms with Crippen molar-refractivity contribution >= 4 is 46.9 Å². The molecule has 1 N–H and O–H groups in total. The van der Waals surface area contributed by atoms with Crippen molar-refractivity contribution in [3.05, 3.63) is 71.0 Å². The maximum atomic E-state index is 13.1. The number of carbonyl (C=O) groups is 3. The summed E-state index contributed by atoms with van der Waals surface area (Å²) >= 11 is 5.04. The Morgan fingerprint density at radius 3 is 2.27 bits per heavy atom. The van der Waals surface area contributed by atoms with Crippen LogP contribution in [0.3, 0.4) is 0 Å². The second-order valence-electron chi connectivity index (χ2n) is 5.34. The van der Waals surface area contributed by atoms with Crippen LogP contribution in [0, 0.1) is 5.82 Å². The predicted octanol–water partition coefficient (Wildman–Crippen LogP) is 1.02. The van der Waals surface area contributed by atoms with Crippen LogP contribution in [0.2, 0.25) is 0 Å². The van der Waals surface area contributed by atoms with E-state index in [1.54, 1.807) is 0 Å². The van der Waals surface area contributed by atoms with Crippen LogP contribution in [-0.4, -0.2) is 22.9 Å². The Labute approximate surface area is 152 Å². The van der Waals surface area contributed by atoms with Crippen LogP contribution in [0.15, 0.2) is 54.1 Å². The molecule has 0 saturated carbocycles. The number of nitrogens with zero attached hydrogens (tertiary/aromatic N) is 1. The summed E-state index contributed by atoms with van der Waals surface area (Å²) in [7, 11) is 0. The van der Waals surface area contributed by atoms with Gasteiger partial charge in [-0.15, -0.1) is 0 Å². The van der Waals surface area contributed by atoms with E-state index >= 15 is 0 Å². The molecule has 1 heterocycles. The zero-order valence-corrected chi connectivity index (χ0v) is 13.9. The molecule has 0 spiro atoms. The van der Waals surface area contributed by atoms with Crippen molar-refractivity contribution in [3.63, 3.8) is 0 Å². The molecule has 3 rings (SSSR count). The Morgan fingerprint density at radius 2 is 1.69 bits per heavy atom. The average molecular weight is 369 g/mol. The Bertz CT molecular complexity index is 952. The Kier molecular flexibility index (Phi) is 4.59. The molecule has 2 amide bonds. The van der Waals surface area contributed by atoms with Crippen LogP contribution in [-0.2, 0) is 9.59 Å². The zero-order chi connectivity index (χ0) is 18.8. The van der Waals surface area contributed by atoms with Gasteiger partial charge in [0.05, 0.1) is 11.7 Å². The number of hydrogen-bond donors (Lipinski definition) is 1. The van der Waals surface area contributed by atoms with Crippen molar-refractivity contribution in [1.82, 2.24) is 5.32 Å². The number of carbonyl (C=O) groups excluding carboxylic acids is 3. The first-order valence-electron chi connectivity index (χ1n) is 7.35. The summed E-state index contributed by atoms with van der Waals surface area (Å²) in [5.74, 6) is -3.16. The van der Waals surface area contributed by atoms with Crippen LogP contribution in [0.5, 0.6) is 0 Å². The van der Waals surface area contributed by atoms with E-state index in [0.29, 0.717) is 11.3 Å². The quantitative estimate of drug-likeness (QED) is 0.496. The fraction of sp³-hybridized carbons (Fsp3) is 0. The summed E-state index contributed by atoms with van der Waals surface area (Å²) in [5, 5.41) is 13.1. The van der Waals surface area contributed by atoms with E-state index in [1.165, 1.54) is 54.6 Å². The number of thiocarbonyl (C=S) groups is 1. The number of carboxylic acid groups (broad SMARTS) is 1. The predicted molar refractivity (Wildman–Crippen MR) is 93.4 cm³/mol. The minimum Gasteiger partial charge on any atom is -0.545 e. The van der Waals surface area contributed by atoms with Gasteiger partial charge in [-0.3, -0.25) is 19.8 Å². The van der Waals surface area contributed by atoms with Gasteiger partial charge < -0.3 is 9.90 Å². The molecule has 0 aliphatic carbocycles. The van der Waals surface area contributed by atoms with Crippen molar-refractivity contribution in [3.8, 4) is 0 Å². The van der Waals surface area contributed by atoms with Crippen LogP contribution < -0.4 is 15.3 Å². The highest BCUT2D eigenvalue weighted by Crippen LogP contribution is 2.22. The lowest BCUT2D eigenvalue weighted by atomic mass is 10.1. The standard InChI is InChI=1S/C18H11FN2O4S/c19-12-5-7-13(8-6-12)21-16(23)14(15(22)20-18(21)26)9-10-1-3-11(4-2-10)17(24)25/h1-9H,(H,24,25)(H,20,22,26)/p-1/b14-9-. The largest absolute Gasteiger partial charge is 0.545 e. The molecule has 6 nitrogen and oxygen atoms in total. The van der Waals surface area contributed by atoms with Crippen molar-refractivity contribution in [1.29, 1.82) is 0 Å². The summed E-state index contributed by atoms with van der Waals surface area (Å²) in [6.45, 7) is 0. The molecule has 8 heteroatoms. The second-order valence-corrected chi connectivity index (χ2v) is 5.73. The molecule has 1 saturated heterocycles. The van der Waals surface area contributed by atoms with Crippen molar-refractivity contribution in [2.24, 2.45) is 0 Å². The topological polar surface area (TPSA) is 89.5 Å². The molecule has 26 heavy (non-hydrogen) atoms. The SMILES string of the molecule is O=C1NC(=S)N(c2ccc(F)cc2)C(=O)/C1=C\c1ccc(C(=O)[O-])cc1. The van der Waals surface area contributed by atoms with Crippen LogP contribution in [0.25, 0.3) is 6.08 Å². The summed E-state index contributed by atoms with van der Waals surface area (Å²) in [5.41, 5.74) is 0.532. The number of amides is 2. The highest BCUT2D eigenvalue weighted by molar-refractivity contribution is 7.80. The van der Waals surface area contributed by atoms with Crippen LogP contribution in [0.1, 0.15) is 15.9 Å². The summed E-state index contributed by atoms with van der Waals surface area (Å²) < 4.78 is 13.1. The van der Waals surface area contributed by atoms with Gasteiger partial charge in [0.15, 0.2) is 5.11 Å². The third-order valence-corrected chi connectivity index (χ3v) is 3.93. The van der Waals surface area contributed by atoms with Crippen LogP contribution >= 0.6 is 12.2 Å². The lowest BCUT2D eigenvalue weighted by molar-refractivity contribution is -0.255. The number of benzene rings is 2. The van der Waals surface area contributed by atoms with Gasteiger partial charge in [-0.05, 0) is 53.7 Å². The number of nitrogens with one attached hydrogen (secondary N) is 1. The van der Waals surface area contributed by atoms with Gasteiger partial charge in [0.2, 0.25) is 0 Å². The highest BCUT2D eigenvalue weighted by atomic mass is 32.1. The Hall–Kier alpha value is -3.39. The fourth-order valence-corrected chi connectivity index (χ4v) is 2.65. The molecule has 1 aliphatic heterocycles. The molecule has 0 bridgehead atoms. The summed E-state index contributed by atoms with van der Waals surface area (Å²) in [6.07, 6.45) is 1.31. The molecule has 2 aromatic rings. The number of halogens is 1. The van der Waals surface area contributed by atoms with E-state index in [-0.39, 0.29) is 16.2 Å². The van der Waals surface area contributed by atoms with E-state index in [1.807, 2.05) is 0 Å². The minimum absolute atomic E-state index is 0.0271. The number of aromatic carboxylic acids is 1. The first kappa shape index (κ1) is 17.4. The Balaban J connectivity index is 1.96. The highest BCUT2D eigenvalue weighted by Gasteiger charge is 2.34. The summed E-state index contributed by atoms with van der Waals surface area (Å²) in [4.78, 5) is 36.7. The van der Waals surface area contributed by atoms with Gasteiger partial charge in [0.1, 0.15) is 11.4 Å². The number of anilines is 1. The molecular formula is C18H10FN2O4S-. The molecule has 1 aliphatic rings. The van der Waals surface area contributed by atoms with Crippen molar-refractivity contribution in [2.75, 3.05) is 4.90 Å². The lowest BCUT2D eigenvalue weighted by Crippen LogP contribution is -2.54. The van der Waals surface area contributed by atoms with E-state index < -0.39 is 23.6 Å². The monoisotopic (exact) mass is 369 g/mol. The molecule has 130 valence electrons. The molecule has 0 unspecified atom stereocenters. The smallest absolute Gasteiger partial charge is 0.270 e. The molecule has 2 aromatic carbocycles. The molecular weight excluding hydrogens is 359 g/mol. The molecule has 0 atom stereocenters. The molecule has 0 aromatic heterocycles. The Morgan fingerprint density at radius 1 is 1.08 bits per heavy atom. The average Bonchev–Trinajstić information content (AvgIpc) is 2.60. The van der Waals surface area contributed by atoms with E-state index in [4.69, 9.17) is 12.2 Å².